The highest BCUT2D eigenvalue weighted by molar-refractivity contribution is 5.95. The molecule has 1 N–H and O–H groups in total. The van der Waals surface area contributed by atoms with Crippen LogP contribution in [0.5, 0.6) is 11.5 Å². The van der Waals surface area contributed by atoms with E-state index < -0.39 is 23.8 Å². The minimum absolute atomic E-state index is 0.0747. The maximum atomic E-state index is 13.6. The lowest BCUT2D eigenvalue weighted by atomic mass is 9.70. The van der Waals surface area contributed by atoms with Gasteiger partial charge in [0.2, 0.25) is 0 Å². The third kappa shape index (κ3) is 9.50. The van der Waals surface area contributed by atoms with Crippen molar-refractivity contribution in [1.29, 1.82) is 0 Å². The van der Waals surface area contributed by atoms with Crippen LogP contribution in [-0.4, -0.2) is 49.4 Å². The van der Waals surface area contributed by atoms with E-state index in [1.165, 1.54) is 45.6 Å². The summed E-state index contributed by atoms with van der Waals surface area (Å²) in [5, 5.41) is 9.42. The van der Waals surface area contributed by atoms with Gasteiger partial charge in [-0.15, -0.1) is 0 Å². The van der Waals surface area contributed by atoms with E-state index >= 15 is 0 Å². The SMILES string of the molecule is C=C(COC)C(=O)Oc1ccc(-c2ccc(OC(=O)C(C)CO)c(C(=O)OC3CCC(C4CCC(CCC)CC4)CC3)c2)cc1. The van der Waals surface area contributed by atoms with Crippen LogP contribution >= 0.6 is 0 Å². The van der Waals surface area contributed by atoms with Crippen molar-refractivity contribution >= 4 is 17.9 Å². The summed E-state index contributed by atoms with van der Waals surface area (Å²) in [5.74, 6) is 0.319. The quantitative estimate of drug-likeness (QED) is 0.141. The molecule has 2 saturated carbocycles. The van der Waals surface area contributed by atoms with Gasteiger partial charge in [-0.3, -0.25) is 4.79 Å². The van der Waals surface area contributed by atoms with Gasteiger partial charge in [-0.05, 0) is 98.6 Å². The van der Waals surface area contributed by atoms with Crippen molar-refractivity contribution < 1.29 is 38.4 Å². The Kier molecular flexibility index (Phi) is 12.8. The molecule has 0 radical (unpaired) electrons. The molecule has 0 amide bonds. The molecule has 8 heteroatoms. The maximum Gasteiger partial charge on any atom is 0.342 e. The summed E-state index contributed by atoms with van der Waals surface area (Å²) >= 11 is 0. The third-order valence-electron chi connectivity index (χ3n) is 9.34. The van der Waals surface area contributed by atoms with Gasteiger partial charge in [0.1, 0.15) is 23.2 Å². The fraction of sp³-hybridized carbons (Fsp3) is 0.541. The average Bonchev–Trinajstić information content (AvgIpc) is 3.06. The smallest absolute Gasteiger partial charge is 0.342 e. The van der Waals surface area contributed by atoms with Gasteiger partial charge in [-0.2, -0.15) is 0 Å². The Hall–Kier alpha value is -3.49. The van der Waals surface area contributed by atoms with Gasteiger partial charge in [-0.1, -0.05) is 57.4 Å². The molecule has 244 valence electrons. The van der Waals surface area contributed by atoms with E-state index in [4.69, 9.17) is 18.9 Å². The predicted molar refractivity (Wildman–Crippen MR) is 172 cm³/mol. The number of rotatable bonds is 13. The Morgan fingerprint density at radius 1 is 0.889 bits per heavy atom. The van der Waals surface area contributed by atoms with Crippen LogP contribution in [0.25, 0.3) is 11.1 Å². The summed E-state index contributed by atoms with van der Waals surface area (Å²) in [5.41, 5.74) is 1.80. The Bertz CT molecular complexity index is 1300. The van der Waals surface area contributed by atoms with Crippen molar-refractivity contribution in [3.63, 3.8) is 0 Å². The zero-order chi connectivity index (χ0) is 32.3. The number of ether oxygens (including phenoxy) is 4. The van der Waals surface area contributed by atoms with Crippen molar-refractivity contribution in [2.24, 2.45) is 23.7 Å². The zero-order valence-corrected chi connectivity index (χ0v) is 26.9. The summed E-state index contributed by atoms with van der Waals surface area (Å²) in [7, 11) is 1.47. The van der Waals surface area contributed by atoms with Crippen LogP contribution in [0.15, 0.2) is 54.6 Å². The van der Waals surface area contributed by atoms with Crippen molar-refractivity contribution in [1.82, 2.24) is 0 Å². The lowest BCUT2D eigenvalue weighted by Crippen LogP contribution is -2.30. The molecule has 0 spiro atoms. The molecular formula is C37H48O8. The molecule has 4 rings (SSSR count). The summed E-state index contributed by atoms with van der Waals surface area (Å²) < 4.78 is 21.8. The van der Waals surface area contributed by atoms with Crippen molar-refractivity contribution in [3.05, 3.63) is 60.2 Å². The van der Waals surface area contributed by atoms with Crippen LogP contribution in [0.4, 0.5) is 0 Å². The largest absolute Gasteiger partial charge is 0.459 e. The number of esters is 3. The summed E-state index contributed by atoms with van der Waals surface area (Å²) in [6, 6.07) is 11.8. The van der Waals surface area contributed by atoms with Gasteiger partial charge in [0.25, 0.3) is 0 Å². The molecule has 45 heavy (non-hydrogen) atoms. The first-order valence-electron chi connectivity index (χ1n) is 16.4. The molecule has 0 heterocycles. The molecule has 0 saturated heterocycles. The molecule has 1 atom stereocenters. The topological polar surface area (TPSA) is 108 Å². The molecule has 2 aromatic rings. The normalized spacial score (nSPS) is 22.2. The van der Waals surface area contributed by atoms with Gasteiger partial charge >= 0.3 is 17.9 Å². The van der Waals surface area contributed by atoms with Crippen molar-refractivity contribution in [3.8, 4) is 22.6 Å². The molecule has 0 aliphatic heterocycles. The van der Waals surface area contributed by atoms with E-state index in [1.54, 1.807) is 49.4 Å². The number of carbonyl (C=O) groups is 3. The highest BCUT2D eigenvalue weighted by Gasteiger charge is 2.32. The molecule has 2 aliphatic carbocycles. The molecule has 0 aromatic heterocycles. The minimum atomic E-state index is -0.740. The first-order chi connectivity index (χ1) is 21.7. The monoisotopic (exact) mass is 620 g/mol. The minimum Gasteiger partial charge on any atom is -0.459 e. The second-order valence-corrected chi connectivity index (χ2v) is 12.7. The highest BCUT2D eigenvalue weighted by Crippen LogP contribution is 2.42. The summed E-state index contributed by atoms with van der Waals surface area (Å²) in [6.07, 6.45) is 11.6. The van der Waals surface area contributed by atoms with Crippen LogP contribution in [0.1, 0.15) is 88.4 Å². The first kappa shape index (κ1) is 34.4. The van der Waals surface area contributed by atoms with Crippen LogP contribution in [0.3, 0.4) is 0 Å². The van der Waals surface area contributed by atoms with E-state index in [2.05, 4.69) is 13.5 Å². The van der Waals surface area contributed by atoms with Gasteiger partial charge in [-0.25, -0.2) is 9.59 Å². The fourth-order valence-electron chi connectivity index (χ4n) is 6.62. The second kappa shape index (κ2) is 16.7. The third-order valence-corrected chi connectivity index (χ3v) is 9.34. The van der Waals surface area contributed by atoms with E-state index in [0.717, 1.165) is 43.1 Å². The maximum absolute atomic E-state index is 13.6. The number of carbonyl (C=O) groups excluding carboxylic acids is 3. The Balaban J connectivity index is 1.44. The summed E-state index contributed by atoms with van der Waals surface area (Å²) in [6.45, 7) is 7.20. The average molecular weight is 621 g/mol. The van der Waals surface area contributed by atoms with E-state index in [-0.39, 0.29) is 36.2 Å². The van der Waals surface area contributed by atoms with Gasteiger partial charge in [0.05, 0.1) is 24.7 Å². The number of methoxy groups -OCH3 is 1. The van der Waals surface area contributed by atoms with E-state index in [0.29, 0.717) is 17.2 Å². The standard InChI is InChI=1S/C37H48O8/c1-5-6-26-7-9-27(10-8-26)28-11-16-32(17-12-28)44-37(41)33-21-30(15-20-34(33)45-35(39)24(2)22-38)29-13-18-31(19-14-29)43-36(40)25(3)23-42-4/h13-15,18-21,24,26-28,32,38H,3,5-12,16-17,22-23H2,1-2,4H3. The molecule has 1 unspecified atom stereocenters. The Morgan fingerprint density at radius 3 is 2.11 bits per heavy atom. The molecule has 2 aromatic carbocycles. The van der Waals surface area contributed by atoms with Crippen LogP contribution < -0.4 is 9.47 Å². The molecule has 8 nitrogen and oxygen atoms in total. The van der Waals surface area contributed by atoms with Crippen molar-refractivity contribution in [2.45, 2.75) is 84.2 Å². The van der Waals surface area contributed by atoms with Crippen molar-refractivity contribution in [2.75, 3.05) is 20.3 Å². The predicted octanol–water partition coefficient (Wildman–Crippen LogP) is 7.32. The fourth-order valence-corrected chi connectivity index (χ4v) is 6.62. The molecule has 0 bridgehead atoms. The molecule has 2 aliphatic rings. The lowest BCUT2D eigenvalue weighted by Gasteiger charge is -2.37. The Labute approximate surface area is 267 Å². The zero-order valence-electron chi connectivity index (χ0n) is 26.9. The molecular weight excluding hydrogens is 572 g/mol. The lowest BCUT2D eigenvalue weighted by molar-refractivity contribution is -0.139. The van der Waals surface area contributed by atoms with E-state index in [1.807, 2.05) is 0 Å². The number of hydrogen-bond acceptors (Lipinski definition) is 8. The van der Waals surface area contributed by atoms with Gasteiger partial charge in [0, 0.05) is 7.11 Å². The second-order valence-electron chi connectivity index (χ2n) is 12.7. The Morgan fingerprint density at radius 2 is 1.51 bits per heavy atom. The van der Waals surface area contributed by atoms with Gasteiger partial charge < -0.3 is 24.1 Å². The molecule has 2 fully saturated rings. The highest BCUT2D eigenvalue weighted by atomic mass is 16.6. The number of benzene rings is 2. The summed E-state index contributed by atoms with van der Waals surface area (Å²) in [4.78, 5) is 38.3. The first-order valence-corrected chi connectivity index (χ1v) is 16.4. The van der Waals surface area contributed by atoms with Crippen LogP contribution in [0.2, 0.25) is 0 Å². The van der Waals surface area contributed by atoms with E-state index in [9.17, 15) is 19.5 Å². The number of aliphatic hydroxyl groups is 1. The number of hydrogen-bond donors (Lipinski definition) is 1. The van der Waals surface area contributed by atoms with Crippen LogP contribution in [0, 0.1) is 23.7 Å². The number of aliphatic hydroxyl groups excluding tert-OH is 1. The van der Waals surface area contributed by atoms with Gasteiger partial charge in [0.15, 0.2) is 0 Å². The van der Waals surface area contributed by atoms with Crippen LogP contribution in [-0.2, 0) is 19.1 Å².